The Labute approximate surface area is 117 Å². The maximum atomic E-state index is 12.4. The first kappa shape index (κ1) is 12.4. The Balaban J connectivity index is 1.73. The highest BCUT2D eigenvalue weighted by molar-refractivity contribution is 7.10. The fourth-order valence-electron chi connectivity index (χ4n) is 2.77. The molecule has 0 radical (unpaired) electrons. The molecule has 3 rings (SSSR count). The minimum atomic E-state index is 0.245. The van der Waals surface area contributed by atoms with Crippen LogP contribution in [0.25, 0.3) is 0 Å². The summed E-state index contributed by atoms with van der Waals surface area (Å²) in [5, 5.41) is 2.02. The molecule has 19 heavy (non-hydrogen) atoms. The van der Waals surface area contributed by atoms with Crippen LogP contribution in [-0.4, -0.2) is 17.4 Å². The third-order valence-electron chi connectivity index (χ3n) is 3.73. The van der Waals surface area contributed by atoms with Crippen molar-refractivity contribution in [3.05, 3.63) is 58.3 Å². The van der Waals surface area contributed by atoms with Gasteiger partial charge in [0.25, 0.3) is 0 Å². The lowest BCUT2D eigenvalue weighted by molar-refractivity contribution is -0.142. The van der Waals surface area contributed by atoms with Gasteiger partial charge in [0.05, 0.1) is 12.5 Å². The molecule has 0 saturated carbocycles. The molecule has 1 aromatic heterocycles. The van der Waals surface area contributed by atoms with E-state index in [1.165, 1.54) is 5.56 Å². The molecule has 1 aliphatic rings. The second-order valence-corrected chi connectivity index (χ2v) is 6.17. The quantitative estimate of drug-likeness (QED) is 0.836. The third kappa shape index (κ3) is 2.43. The van der Waals surface area contributed by atoms with Crippen molar-refractivity contribution in [3.63, 3.8) is 0 Å². The Hall–Kier alpha value is -1.61. The zero-order valence-electron chi connectivity index (χ0n) is 11.0. The summed E-state index contributed by atoms with van der Waals surface area (Å²) in [7, 11) is 0. The number of thiophene rings is 1. The first-order valence-corrected chi connectivity index (χ1v) is 7.50. The van der Waals surface area contributed by atoms with E-state index in [-0.39, 0.29) is 11.9 Å². The molecule has 1 fully saturated rings. The second-order valence-electron chi connectivity index (χ2n) is 5.14. The van der Waals surface area contributed by atoms with E-state index < -0.39 is 0 Å². The fraction of sp³-hybridized carbons (Fsp3) is 0.312. The molecule has 2 aromatic rings. The molecule has 0 N–H and O–H groups in total. The van der Waals surface area contributed by atoms with E-state index in [1.54, 1.807) is 11.3 Å². The number of rotatable bonds is 3. The summed E-state index contributed by atoms with van der Waals surface area (Å²) in [4.78, 5) is 15.5. The van der Waals surface area contributed by atoms with E-state index in [0.29, 0.717) is 12.3 Å². The normalized spacial score (nSPS) is 22.1. The number of carbonyl (C=O) groups is 1. The Morgan fingerprint density at radius 2 is 2.05 bits per heavy atom. The zero-order chi connectivity index (χ0) is 13.2. The molecular weight excluding hydrogens is 254 g/mol. The van der Waals surface area contributed by atoms with Gasteiger partial charge in [0.1, 0.15) is 0 Å². The summed E-state index contributed by atoms with van der Waals surface area (Å²) >= 11 is 1.65. The SMILES string of the molecule is C[C@H]1CN(C(=O)Cc2cccs2)[C@@H]1c1ccccc1. The molecule has 1 aliphatic heterocycles. The number of benzene rings is 1. The van der Waals surface area contributed by atoms with Crippen molar-refractivity contribution in [2.45, 2.75) is 19.4 Å². The van der Waals surface area contributed by atoms with Crippen LogP contribution in [0.4, 0.5) is 0 Å². The van der Waals surface area contributed by atoms with Crippen molar-refractivity contribution in [2.24, 2.45) is 5.92 Å². The van der Waals surface area contributed by atoms with Gasteiger partial charge in [-0.3, -0.25) is 4.79 Å². The Bertz CT molecular complexity index is 549. The van der Waals surface area contributed by atoms with Crippen molar-refractivity contribution in [1.29, 1.82) is 0 Å². The van der Waals surface area contributed by atoms with E-state index in [4.69, 9.17) is 0 Å². The smallest absolute Gasteiger partial charge is 0.228 e. The highest BCUT2D eigenvalue weighted by atomic mass is 32.1. The minimum Gasteiger partial charge on any atom is -0.335 e. The van der Waals surface area contributed by atoms with E-state index in [9.17, 15) is 4.79 Å². The highest BCUT2D eigenvalue weighted by Crippen LogP contribution is 2.38. The molecule has 1 amide bonds. The minimum absolute atomic E-state index is 0.245. The summed E-state index contributed by atoms with van der Waals surface area (Å²) < 4.78 is 0. The largest absolute Gasteiger partial charge is 0.335 e. The highest BCUT2D eigenvalue weighted by Gasteiger charge is 2.39. The zero-order valence-corrected chi connectivity index (χ0v) is 11.8. The van der Waals surface area contributed by atoms with Crippen molar-refractivity contribution in [3.8, 4) is 0 Å². The van der Waals surface area contributed by atoms with Crippen LogP contribution in [0.1, 0.15) is 23.4 Å². The molecule has 0 bridgehead atoms. The number of nitrogens with zero attached hydrogens (tertiary/aromatic N) is 1. The molecule has 3 heteroatoms. The standard InChI is InChI=1S/C16H17NOS/c1-12-11-17(15(18)10-14-8-5-9-19-14)16(12)13-6-3-2-4-7-13/h2-9,12,16H,10-11H2,1H3/t12-,16-/m0/s1. The van der Waals surface area contributed by atoms with E-state index in [0.717, 1.165) is 11.4 Å². The molecule has 0 spiro atoms. The van der Waals surface area contributed by atoms with Gasteiger partial charge in [-0.25, -0.2) is 0 Å². The Kier molecular flexibility index (Phi) is 3.38. The number of likely N-dealkylation sites (tertiary alicyclic amines) is 1. The van der Waals surface area contributed by atoms with Crippen LogP contribution in [-0.2, 0) is 11.2 Å². The van der Waals surface area contributed by atoms with Crippen molar-refractivity contribution in [2.75, 3.05) is 6.54 Å². The molecule has 2 atom stereocenters. The van der Waals surface area contributed by atoms with Crippen molar-refractivity contribution < 1.29 is 4.79 Å². The number of amides is 1. The first-order chi connectivity index (χ1) is 9.25. The predicted molar refractivity (Wildman–Crippen MR) is 78.1 cm³/mol. The van der Waals surface area contributed by atoms with Gasteiger partial charge in [0.2, 0.25) is 5.91 Å². The Morgan fingerprint density at radius 1 is 1.26 bits per heavy atom. The molecule has 2 heterocycles. The maximum absolute atomic E-state index is 12.4. The summed E-state index contributed by atoms with van der Waals surface area (Å²) in [6.45, 7) is 3.09. The second kappa shape index (κ2) is 5.17. The molecule has 2 nitrogen and oxygen atoms in total. The van der Waals surface area contributed by atoms with Gasteiger partial charge in [-0.1, -0.05) is 43.3 Å². The summed E-state index contributed by atoms with van der Waals surface area (Å²) in [5.74, 6) is 0.795. The van der Waals surface area contributed by atoms with E-state index in [1.807, 2.05) is 40.6 Å². The van der Waals surface area contributed by atoms with Crippen molar-refractivity contribution in [1.82, 2.24) is 4.90 Å². The maximum Gasteiger partial charge on any atom is 0.228 e. The van der Waals surface area contributed by atoms with Crippen LogP contribution < -0.4 is 0 Å². The van der Waals surface area contributed by atoms with E-state index >= 15 is 0 Å². The van der Waals surface area contributed by atoms with Gasteiger partial charge in [0, 0.05) is 11.4 Å². The van der Waals surface area contributed by atoms with Gasteiger partial charge in [-0.15, -0.1) is 11.3 Å². The van der Waals surface area contributed by atoms with Crippen LogP contribution in [0.2, 0.25) is 0 Å². The molecule has 0 unspecified atom stereocenters. The predicted octanol–water partition coefficient (Wildman–Crippen LogP) is 3.51. The number of carbonyl (C=O) groups excluding carboxylic acids is 1. The monoisotopic (exact) mass is 271 g/mol. The van der Waals surface area contributed by atoms with Crippen LogP contribution in [0.3, 0.4) is 0 Å². The topological polar surface area (TPSA) is 20.3 Å². The van der Waals surface area contributed by atoms with Gasteiger partial charge in [-0.2, -0.15) is 0 Å². The van der Waals surface area contributed by atoms with Gasteiger partial charge < -0.3 is 4.90 Å². The average Bonchev–Trinajstić information content (AvgIpc) is 2.89. The first-order valence-electron chi connectivity index (χ1n) is 6.62. The molecule has 1 aromatic carbocycles. The number of hydrogen-bond acceptors (Lipinski definition) is 2. The fourth-order valence-corrected chi connectivity index (χ4v) is 3.47. The summed E-state index contributed by atoms with van der Waals surface area (Å²) in [5.41, 5.74) is 1.25. The van der Waals surface area contributed by atoms with Crippen LogP contribution in [0, 0.1) is 5.92 Å². The van der Waals surface area contributed by atoms with Gasteiger partial charge in [-0.05, 0) is 22.9 Å². The molecule has 98 valence electrons. The van der Waals surface area contributed by atoms with Crippen LogP contribution in [0.15, 0.2) is 47.8 Å². The third-order valence-corrected chi connectivity index (χ3v) is 4.60. The lowest BCUT2D eigenvalue weighted by Crippen LogP contribution is -2.51. The van der Waals surface area contributed by atoms with Crippen molar-refractivity contribution >= 4 is 17.2 Å². The Morgan fingerprint density at radius 3 is 2.68 bits per heavy atom. The molecule has 1 saturated heterocycles. The lowest BCUT2D eigenvalue weighted by Gasteiger charge is -2.47. The average molecular weight is 271 g/mol. The molecular formula is C16H17NOS. The van der Waals surface area contributed by atoms with Gasteiger partial charge in [0.15, 0.2) is 0 Å². The van der Waals surface area contributed by atoms with Crippen LogP contribution >= 0.6 is 11.3 Å². The van der Waals surface area contributed by atoms with E-state index in [2.05, 4.69) is 19.1 Å². The van der Waals surface area contributed by atoms with Gasteiger partial charge >= 0.3 is 0 Å². The summed E-state index contributed by atoms with van der Waals surface area (Å²) in [6.07, 6.45) is 0.535. The van der Waals surface area contributed by atoms with Crippen LogP contribution in [0.5, 0.6) is 0 Å². The number of hydrogen-bond donors (Lipinski definition) is 0. The molecule has 0 aliphatic carbocycles. The summed E-state index contributed by atoms with van der Waals surface area (Å²) in [6, 6.07) is 14.6. The lowest BCUT2D eigenvalue weighted by atomic mass is 9.84.